The van der Waals surface area contributed by atoms with Crippen LogP contribution in [0.1, 0.15) is 52.9 Å². The number of unbranched alkanes of at least 4 members (excludes halogenated alkanes) is 1. The highest BCUT2D eigenvalue weighted by atomic mass is 16.1. The maximum atomic E-state index is 11.4. The average molecular weight is 315 g/mol. The molecule has 6 heteroatoms. The van der Waals surface area contributed by atoms with Crippen molar-refractivity contribution in [2.75, 3.05) is 11.1 Å². The summed E-state index contributed by atoms with van der Waals surface area (Å²) in [5.41, 5.74) is 6.17. The molecule has 2 aromatic rings. The quantitative estimate of drug-likeness (QED) is 0.776. The van der Waals surface area contributed by atoms with E-state index < -0.39 is 0 Å². The molecule has 0 saturated carbocycles. The Labute approximate surface area is 136 Å². The summed E-state index contributed by atoms with van der Waals surface area (Å²) in [5, 5.41) is 4.35. The number of anilines is 2. The van der Waals surface area contributed by atoms with Crippen LogP contribution in [0.4, 0.5) is 11.8 Å². The minimum atomic E-state index is -0.217. The van der Waals surface area contributed by atoms with Crippen molar-refractivity contribution in [2.45, 2.75) is 58.4 Å². The van der Waals surface area contributed by atoms with Crippen molar-refractivity contribution in [1.82, 2.24) is 15.0 Å². The van der Waals surface area contributed by atoms with Gasteiger partial charge in [-0.3, -0.25) is 0 Å². The number of nitrogens with one attached hydrogen (secondary N) is 1. The second-order valence-corrected chi connectivity index (χ2v) is 6.30. The van der Waals surface area contributed by atoms with Crippen molar-refractivity contribution in [1.29, 1.82) is 0 Å². The highest BCUT2D eigenvalue weighted by Gasteiger charge is 2.25. The van der Waals surface area contributed by atoms with Crippen LogP contribution in [-0.4, -0.2) is 26.3 Å². The number of ketones is 1. The Morgan fingerprint density at radius 3 is 2.83 bits per heavy atom. The number of nitrogens with zero attached hydrogens (tertiary/aromatic N) is 3. The van der Waals surface area contributed by atoms with Gasteiger partial charge in [0.25, 0.3) is 0 Å². The van der Waals surface area contributed by atoms with Gasteiger partial charge in [0.05, 0.1) is 5.39 Å². The molecule has 23 heavy (non-hydrogen) atoms. The average Bonchev–Trinajstić information content (AvgIpc) is 2.51. The number of carbonyl (C=O) groups is 1. The zero-order valence-electron chi connectivity index (χ0n) is 14.1. The molecular weight excluding hydrogens is 290 g/mol. The molecular formula is C17H25N5O. The van der Waals surface area contributed by atoms with E-state index in [2.05, 4.69) is 34.1 Å². The van der Waals surface area contributed by atoms with E-state index in [0.29, 0.717) is 17.9 Å². The van der Waals surface area contributed by atoms with E-state index in [1.807, 2.05) is 12.1 Å². The van der Waals surface area contributed by atoms with Crippen LogP contribution in [0.15, 0.2) is 18.3 Å². The fourth-order valence-corrected chi connectivity index (χ4v) is 2.63. The summed E-state index contributed by atoms with van der Waals surface area (Å²) in [6.45, 7) is 5.92. The maximum absolute atomic E-state index is 11.4. The number of hydrogen-bond acceptors (Lipinski definition) is 6. The number of Topliss-reactive ketones (excluding diaryl/α,β-unsaturated/α-hetero) is 1. The summed E-state index contributed by atoms with van der Waals surface area (Å²) >= 11 is 0. The Morgan fingerprint density at radius 1 is 1.35 bits per heavy atom. The number of hydrogen-bond donors (Lipinski definition) is 2. The van der Waals surface area contributed by atoms with E-state index in [0.717, 1.165) is 31.1 Å². The SMILES string of the molecule is CCCC[C@](C)(CCC(C)=O)Nc1nc(N)nc2ncccc12. The summed E-state index contributed by atoms with van der Waals surface area (Å²) in [4.78, 5) is 24.2. The predicted octanol–water partition coefficient (Wildman–Crippen LogP) is 3.34. The predicted molar refractivity (Wildman–Crippen MR) is 93.2 cm³/mol. The van der Waals surface area contributed by atoms with Crippen LogP contribution >= 0.6 is 0 Å². The van der Waals surface area contributed by atoms with E-state index in [9.17, 15) is 4.79 Å². The van der Waals surface area contributed by atoms with Gasteiger partial charge in [0.15, 0.2) is 5.65 Å². The lowest BCUT2D eigenvalue weighted by molar-refractivity contribution is -0.117. The van der Waals surface area contributed by atoms with Crippen LogP contribution in [0.2, 0.25) is 0 Å². The normalized spacial score (nSPS) is 13.7. The first-order chi connectivity index (χ1) is 10.9. The van der Waals surface area contributed by atoms with Crippen LogP contribution in [0.5, 0.6) is 0 Å². The van der Waals surface area contributed by atoms with E-state index >= 15 is 0 Å². The molecule has 6 nitrogen and oxygen atoms in total. The van der Waals surface area contributed by atoms with Gasteiger partial charge in [-0.25, -0.2) is 4.98 Å². The maximum Gasteiger partial charge on any atom is 0.224 e. The molecule has 3 N–H and O–H groups in total. The molecule has 0 spiro atoms. The lowest BCUT2D eigenvalue weighted by Gasteiger charge is -2.32. The topological polar surface area (TPSA) is 93.8 Å². The standard InChI is InChI=1S/C17H25N5O/c1-4-5-9-17(3,10-8-12(2)23)22-15-13-7-6-11-19-14(13)20-16(18)21-15/h6-7,11H,4-5,8-10H2,1-3H3,(H3,18,19,20,21,22)/t17-/m1/s1. The third-order valence-electron chi connectivity index (χ3n) is 4.02. The molecule has 124 valence electrons. The Morgan fingerprint density at radius 2 is 2.13 bits per heavy atom. The van der Waals surface area contributed by atoms with Crippen molar-refractivity contribution in [2.24, 2.45) is 0 Å². The molecule has 0 aromatic carbocycles. The number of rotatable bonds is 8. The molecule has 0 aliphatic rings. The number of nitrogens with two attached hydrogens (primary N) is 1. The van der Waals surface area contributed by atoms with Crippen molar-refractivity contribution < 1.29 is 4.79 Å². The van der Waals surface area contributed by atoms with Crippen molar-refractivity contribution in [3.05, 3.63) is 18.3 Å². The van der Waals surface area contributed by atoms with Crippen LogP contribution in [0.25, 0.3) is 11.0 Å². The number of nitrogen functional groups attached to an aromatic ring is 1. The minimum Gasteiger partial charge on any atom is -0.368 e. The molecule has 0 saturated heterocycles. The lowest BCUT2D eigenvalue weighted by atomic mass is 9.88. The summed E-state index contributed by atoms with van der Waals surface area (Å²) in [6, 6.07) is 3.78. The van der Waals surface area contributed by atoms with Crippen LogP contribution in [-0.2, 0) is 4.79 Å². The first-order valence-electron chi connectivity index (χ1n) is 8.09. The number of fused-ring (bicyclic) bond motifs is 1. The summed E-state index contributed by atoms with van der Waals surface area (Å²) in [6.07, 6.45) is 6.13. The van der Waals surface area contributed by atoms with Gasteiger partial charge in [-0.15, -0.1) is 0 Å². The lowest BCUT2D eigenvalue weighted by Crippen LogP contribution is -2.36. The monoisotopic (exact) mass is 315 g/mol. The van der Waals surface area contributed by atoms with E-state index in [1.165, 1.54) is 0 Å². The zero-order chi connectivity index (χ0) is 16.9. The largest absolute Gasteiger partial charge is 0.368 e. The molecule has 0 aliphatic carbocycles. The Hall–Kier alpha value is -2.24. The van der Waals surface area contributed by atoms with E-state index in [-0.39, 0.29) is 17.3 Å². The fraction of sp³-hybridized carbons (Fsp3) is 0.529. The number of aromatic nitrogens is 3. The Balaban J connectivity index is 2.33. The molecule has 0 bridgehead atoms. The summed E-state index contributed by atoms with van der Waals surface area (Å²) in [7, 11) is 0. The molecule has 1 atom stereocenters. The highest BCUT2D eigenvalue weighted by molar-refractivity contribution is 5.87. The molecule has 2 rings (SSSR count). The second kappa shape index (κ2) is 7.35. The fourth-order valence-electron chi connectivity index (χ4n) is 2.63. The van der Waals surface area contributed by atoms with Gasteiger partial charge in [-0.05, 0) is 38.8 Å². The molecule has 2 heterocycles. The van der Waals surface area contributed by atoms with Gasteiger partial charge in [0.2, 0.25) is 5.95 Å². The smallest absolute Gasteiger partial charge is 0.224 e. The molecule has 0 fully saturated rings. The van der Waals surface area contributed by atoms with Gasteiger partial charge in [0, 0.05) is 18.2 Å². The molecule has 0 aliphatic heterocycles. The van der Waals surface area contributed by atoms with Gasteiger partial charge in [0.1, 0.15) is 11.6 Å². The molecule has 2 aromatic heterocycles. The third kappa shape index (κ3) is 4.61. The van der Waals surface area contributed by atoms with Crippen LogP contribution in [0.3, 0.4) is 0 Å². The highest BCUT2D eigenvalue weighted by Crippen LogP contribution is 2.28. The minimum absolute atomic E-state index is 0.197. The molecule has 0 amide bonds. The van der Waals surface area contributed by atoms with E-state index in [4.69, 9.17) is 5.73 Å². The van der Waals surface area contributed by atoms with E-state index in [1.54, 1.807) is 13.1 Å². The van der Waals surface area contributed by atoms with Crippen LogP contribution < -0.4 is 11.1 Å². The Kier molecular flexibility index (Phi) is 5.47. The number of pyridine rings is 1. The van der Waals surface area contributed by atoms with Gasteiger partial charge >= 0.3 is 0 Å². The third-order valence-corrected chi connectivity index (χ3v) is 4.02. The zero-order valence-corrected chi connectivity index (χ0v) is 14.1. The summed E-state index contributed by atoms with van der Waals surface area (Å²) < 4.78 is 0. The number of carbonyl (C=O) groups excluding carboxylic acids is 1. The summed E-state index contributed by atoms with van der Waals surface area (Å²) in [5.74, 6) is 1.08. The van der Waals surface area contributed by atoms with Crippen molar-refractivity contribution >= 4 is 28.6 Å². The van der Waals surface area contributed by atoms with Crippen LogP contribution in [0, 0.1) is 0 Å². The first-order valence-corrected chi connectivity index (χ1v) is 8.09. The molecule has 0 unspecified atom stereocenters. The van der Waals surface area contributed by atoms with Crippen molar-refractivity contribution in [3.8, 4) is 0 Å². The molecule has 0 radical (unpaired) electrons. The van der Waals surface area contributed by atoms with Crippen molar-refractivity contribution in [3.63, 3.8) is 0 Å². The second-order valence-electron chi connectivity index (χ2n) is 6.30. The van der Waals surface area contributed by atoms with Gasteiger partial charge in [-0.2, -0.15) is 9.97 Å². The van der Waals surface area contributed by atoms with Gasteiger partial charge in [-0.1, -0.05) is 19.8 Å². The van der Waals surface area contributed by atoms with Gasteiger partial charge < -0.3 is 15.8 Å². The first kappa shape index (κ1) is 17.1. The Bertz CT molecular complexity index is 688.